The van der Waals surface area contributed by atoms with Gasteiger partial charge in [0.2, 0.25) is 0 Å². The van der Waals surface area contributed by atoms with Gasteiger partial charge in [-0.2, -0.15) is 10.2 Å². The van der Waals surface area contributed by atoms with Gasteiger partial charge in [0, 0.05) is 47.6 Å². The van der Waals surface area contributed by atoms with Crippen LogP contribution in [0, 0.1) is 11.6 Å². The van der Waals surface area contributed by atoms with Crippen molar-refractivity contribution in [3.05, 3.63) is 168 Å². The number of para-hydroxylation sites is 2. The number of H-pyrrole nitrogens is 2. The number of ether oxygens (including phenoxy) is 2. The van der Waals surface area contributed by atoms with Gasteiger partial charge in [-0.1, -0.05) is 60.7 Å². The number of nitrogens with zero attached hydrogens (tertiary/aromatic N) is 3. The van der Waals surface area contributed by atoms with E-state index in [1.807, 2.05) is 57.4 Å². The first kappa shape index (κ1) is 43.2. The first-order valence-electron chi connectivity index (χ1n) is 19.6. The van der Waals surface area contributed by atoms with Gasteiger partial charge in [0.25, 0.3) is 5.91 Å². The molecule has 0 aliphatic rings. The summed E-state index contributed by atoms with van der Waals surface area (Å²) in [6.45, 7) is 5.85. The maximum atomic E-state index is 13.7. The molecule has 61 heavy (non-hydrogen) atoms. The highest BCUT2D eigenvalue weighted by atomic mass is 19.1. The molecule has 0 saturated heterocycles. The lowest BCUT2D eigenvalue weighted by Gasteiger charge is -2.19. The van der Waals surface area contributed by atoms with Gasteiger partial charge in [0.05, 0.1) is 42.2 Å². The van der Waals surface area contributed by atoms with Crippen molar-refractivity contribution < 1.29 is 33.0 Å². The second-order valence-corrected chi connectivity index (χ2v) is 13.8. The number of aromatic amines is 2. The molecule has 8 rings (SSSR count). The van der Waals surface area contributed by atoms with Crippen LogP contribution >= 0.6 is 0 Å². The second kappa shape index (κ2) is 20.5. The van der Waals surface area contributed by atoms with Crippen LogP contribution in [0.2, 0.25) is 0 Å². The summed E-state index contributed by atoms with van der Waals surface area (Å²) in [6, 6.07) is 34.4. The van der Waals surface area contributed by atoms with E-state index in [0.29, 0.717) is 53.5 Å². The van der Waals surface area contributed by atoms with Crippen LogP contribution in [0.4, 0.5) is 8.78 Å². The Morgan fingerprint density at radius 1 is 0.672 bits per heavy atom. The van der Waals surface area contributed by atoms with E-state index in [1.165, 1.54) is 47.3 Å². The predicted molar refractivity (Wildman–Crippen MR) is 234 cm³/mol. The summed E-state index contributed by atoms with van der Waals surface area (Å²) in [5.41, 5.74) is 7.73. The number of aromatic carboxylic acids is 1. The molecule has 0 fully saturated rings. The van der Waals surface area contributed by atoms with E-state index in [4.69, 9.17) is 14.6 Å². The largest absolute Gasteiger partial charge is 0.493 e. The quantitative estimate of drug-likeness (QED) is 0.0953. The fourth-order valence-corrected chi connectivity index (χ4v) is 6.73. The molecule has 2 aromatic heterocycles. The Bertz CT molecular complexity index is 2750. The van der Waals surface area contributed by atoms with Crippen LogP contribution < -0.4 is 14.8 Å². The van der Waals surface area contributed by atoms with Gasteiger partial charge in [0.15, 0.2) is 0 Å². The number of hydrogen-bond donors (Lipinski definition) is 4. The Balaban J connectivity index is 0.000000170. The first-order chi connectivity index (χ1) is 29.6. The molecule has 13 heteroatoms. The molecule has 0 bridgehead atoms. The average Bonchev–Trinajstić information content (AvgIpc) is 3.96. The highest BCUT2D eigenvalue weighted by Crippen LogP contribution is 2.33. The van der Waals surface area contributed by atoms with Crippen molar-refractivity contribution in [1.82, 2.24) is 30.6 Å². The van der Waals surface area contributed by atoms with Crippen LogP contribution in [0.15, 0.2) is 134 Å². The average molecular weight is 825 g/mol. The maximum absolute atomic E-state index is 13.7. The summed E-state index contributed by atoms with van der Waals surface area (Å²) >= 11 is 0. The van der Waals surface area contributed by atoms with Crippen molar-refractivity contribution >= 4 is 33.7 Å². The van der Waals surface area contributed by atoms with Crippen LogP contribution in [-0.4, -0.2) is 69.6 Å². The third kappa shape index (κ3) is 10.8. The van der Waals surface area contributed by atoms with Gasteiger partial charge >= 0.3 is 5.97 Å². The number of halogens is 2. The van der Waals surface area contributed by atoms with E-state index < -0.39 is 5.97 Å². The van der Waals surface area contributed by atoms with Crippen LogP contribution in [0.1, 0.15) is 45.7 Å². The van der Waals surface area contributed by atoms with Crippen LogP contribution in [-0.2, 0) is 13.1 Å². The van der Waals surface area contributed by atoms with E-state index in [-0.39, 0.29) is 23.1 Å². The lowest BCUT2D eigenvalue weighted by molar-refractivity contribution is 0.0695. The molecule has 0 unspecified atom stereocenters. The highest BCUT2D eigenvalue weighted by Gasteiger charge is 2.18. The zero-order valence-corrected chi connectivity index (χ0v) is 34.2. The number of carbonyl (C=O) groups excluding carboxylic acids is 1. The van der Waals surface area contributed by atoms with Crippen LogP contribution in [0.5, 0.6) is 11.5 Å². The Morgan fingerprint density at radius 3 is 1.67 bits per heavy atom. The fourth-order valence-electron chi connectivity index (χ4n) is 6.73. The number of hydrogen-bond acceptors (Lipinski definition) is 7. The molecule has 4 N–H and O–H groups in total. The van der Waals surface area contributed by atoms with Gasteiger partial charge in [-0.25, -0.2) is 13.6 Å². The molecule has 0 aliphatic heterocycles. The number of nitrogens with one attached hydrogen (secondary N) is 3. The van der Waals surface area contributed by atoms with Crippen molar-refractivity contribution in [3.63, 3.8) is 0 Å². The molecular weight excluding hydrogens is 779 g/mol. The molecular formula is C48H46F2N6O5. The molecule has 0 spiro atoms. The minimum Gasteiger partial charge on any atom is -0.493 e. The van der Waals surface area contributed by atoms with Crippen molar-refractivity contribution in [1.29, 1.82) is 0 Å². The number of carboxylic acid groups (broad SMARTS) is 1. The summed E-state index contributed by atoms with van der Waals surface area (Å²) in [4.78, 5) is 25.7. The summed E-state index contributed by atoms with van der Waals surface area (Å²) in [7, 11) is 3.70. The molecule has 0 saturated carbocycles. The molecule has 8 aromatic rings. The van der Waals surface area contributed by atoms with E-state index in [0.717, 1.165) is 34.1 Å². The SMILES string of the molecule is CCOc1cc(C(=O)N(C)Cc2cccc3cn[nH]c23)ccc1-c1cccc(F)c1.CCOc1cc(C(=O)O)ccc1-c1cccc(F)c1.CNCc1cccc2cn[nH]c12. The van der Waals surface area contributed by atoms with Gasteiger partial charge in [0.1, 0.15) is 23.1 Å². The zero-order chi connectivity index (χ0) is 43.3. The Kier molecular flexibility index (Phi) is 14.5. The molecule has 0 radical (unpaired) electrons. The molecule has 2 heterocycles. The second-order valence-electron chi connectivity index (χ2n) is 13.8. The molecule has 0 atom stereocenters. The van der Waals surface area contributed by atoms with Crippen LogP contribution in [0.3, 0.4) is 0 Å². The molecule has 0 aliphatic carbocycles. The summed E-state index contributed by atoms with van der Waals surface area (Å²) in [6.07, 6.45) is 3.61. The molecule has 1 amide bonds. The summed E-state index contributed by atoms with van der Waals surface area (Å²) in [5, 5.41) is 28.3. The number of amides is 1. The minimum atomic E-state index is -1.02. The van der Waals surface area contributed by atoms with Gasteiger partial charge in [-0.15, -0.1) is 0 Å². The highest BCUT2D eigenvalue weighted by molar-refractivity contribution is 5.96. The molecule has 312 valence electrons. The number of fused-ring (bicyclic) bond motifs is 2. The van der Waals surface area contributed by atoms with E-state index in [2.05, 4.69) is 37.8 Å². The van der Waals surface area contributed by atoms with Crippen LogP contribution in [0.25, 0.3) is 44.1 Å². The first-order valence-corrected chi connectivity index (χ1v) is 19.6. The van der Waals surface area contributed by atoms with Crippen molar-refractivity contribution in [2.45, 2.75) is 26.9 Å². The van der Waals surface area contributed by atoms with Crippen molar-refractivity contribution in [3.8, 4) is 33.8 Å². The van der Waals surface area contributed by atoms with Crippen molar-refractivity contribution in [2.75, 3.05) is 27.3 Å². The van der Waals surface area contributed by atoms with E-state index in [9.17, 15) is 18.4 Å². The number of aromatic nitrogens is 4. The fraction of sp³-hybridized carbons (Fsp3) is 0.167. The monoisotopic (exact) mass is 824 g/mol. The smallest absolute Gasteiger partial charge is 0.335 e. The Hall–Kier alpha value is -7.38. The standard InChI is InChI=1S/C24H22FN3O2.C15H13FO3.C9H11N3/c1-3-30-22-13-17(10-11-21(22)16-6-5-9-20(25)12-16)24(29)28(2)15-19-8-4-7-18-14-26-27-23(18)19;1-2-19-14-9-11(15(17)18)6-7-13(14)10-4-3-5-12(16)8-10;1-10-5-7-3-2-4-8-6-11-12-9(7)8/h4-14H,3,15H2,1-2H3,(H,26,27);3-9H,2H2,1H3,(H,17,18);2-4,6,10H,5H2,1H3,(H,11,12). The molecule has 6 aromatic carbocycles. The maximum Gasteiger partial charge on any atom is 0.335 e. The number of rotatable bonds is 12. The Morgan fingerprint density at radius 2 is 1.16 bits per heavy atom. The summed E-state index contributed by atoms with van der Waals surface area (Å²) in [5.74, 6) is -0.818. The van der Waals surface area contributed by atoms with Gasteiger partial charge in [-0.3, -0.25) is 15.0 Å². The van der Waals surface area contributed by atoms with Crippen molar-refractivity contribution in [2.24, 2.45) is 0 Å². The predicted octanol–water partition coefficient (Wildman–Crippen LogP) is 9.91. The van der Waals surface area contributed by atoms with Gasteiger partial charge < -0.3 is 24.8 Å². The number of carbonyl (C=O) groups is 2. The van der Waals surface area contributed by atoms with Gasteiger partial charge in [-0.05, 0) is 104 Å². The molecule has 11 nitrogen and oxygen atoms in total. The minimum absolute atomic E-state index is 0.127. The Labute approximate surface area is 352 Å². The number of carboxylic acids is 1. The zero-order valence-electron chi connectivity index (χ0n) is 34.2. The van der Waals surface area contributed by atoms with E-state index in [1.54, 1.807) is 60.6 Å². The third-order valence-corrected chi connectivity index (χ3v) is 9.58. The summed E-state index contributed by atoms with van der Waals surface area (Å²) < 4.78 is 38.1. The lowest BCUT2D eigenvalue weighted by Crippen LogP contribution is -2.26. The normalized spacial score (nSPS) is 10.7. The van der Waals surface area contributed by atoms with E-state index >= 15 is 0 Å². The number of benzene rings is 6. The lowest BCUT2D eigenvalue weighted by atomic mass is 10.0. The topological polar surface area (TPSA) is 145 Å². The third-order valence-electron chi connectivity index (χ3n) is 9.58.